The van der Waals surface area contributed by atoms with Gasteiger partial charge in [0.2, 0.25) is 0 Å². The molecule has 0 heterocycles. The smallest absolute Gasteiger partial charge is 0.00697 e. The van der Waals surface area contributed by atoms with Gasteiger partial charge in [0.15, 0.2) is 0 Å². The summed E-state index contributed by atoms with van der Waals surface area (Å²) in [5.41, 5.74) is 0. The molecule has 17 heavy (non-hydrogen) atoms. The molecule has 1 heteroatoms. The molecule has 1 unspecified atom stereocenters. The third-order valence-electron chi connectivity index (χ3n) is 4.24. The molecule has 1 nitrogen and oxygen atoms in total. The quantitative estimate of drug-likeness (QED) is 0.675. The molecule has 0 radical (unpaired) electrons. The van der Waals surface area contributed by atoms with Gasteiger partial charge >= 0.3 is 0 Å². The second-order valence-electron chi connectivity index (χ2n) is 6.55. The molecule has 0 spiro atoms. The summed E-state index contributed by atoms with van der Waals surface area (Å²) in [5, 5.41) is 3.84. The van der Waals surface area contributed by atoms with Crippen molar-refractivity contribution in [2.45, 2.75) is 91.1 Å². The summed E-state index contributed by atoms with van der Waals surface area (Å²) in [6.45, 7) is 9.32. The van der Waals surface area contributed by atoms with Crippen LogP contribution < -0.4 is 5.32 Å². The van der Waals surface area contributed by atoms with E-state index in [0.717, 1.165) is 17.9 Å². The van der Waals surface area contributed by atoms with E-state index in [1.54, 1.807) is 0 Å². The monoisotopic (exact) mass is 239 g/mol. The van der Waals surface area contributed by atoms with E-state index in [2.05, 4.69) is 33.0 Å². The second kappa shape index (κ2) is 8.13. The van der Waals surface area contributed by atoms with Crippen LogP contribution in [0.3, 0.4) is 0 Å². The van der Waals surface area contributed by atoms with Crippen molar-refractivity contribution in [2.75, 3.05) is 0 Å². The van der Waals surface area contributed by atoms with Crippen molar-refractivity contribution < 1.29 is 0 Å². The van der Waals surface area contributed by atoms with Gasteiger partial charge < -0.3 is 5.32 Å². The molecule has 1 aliphatic rings. The molecule has 1 atom stereocenters. The summed E-state index contributed by atoms with van der Waals surface area (Å²) in [4.78, 5) is 0. The highest BCUT2D eigenvalue weighted by molar-refractivity contribution is 4.79. The molecule has 0 aliphatic heterocycles. The zero-order valence-electron chi connectivity index (χ0n) is 12.5. The molecule has 0 bridgehead atoms. The highest BCUT2D eigenvalue weighted by atomic mass is 14.9. The second-order valence-corrected chi connectivity index (χ2v) is 6.55. The molecule has 0 saturated heterocycles. The Morgan fingerprint density at radius 1 is 1.00 bits per heavy atom. The Kier molecular flexibility index (Phi) is 7.18. The highest BCUT2D eigenvalue weighted by Crippen LogP contribution is 2.28. The molecule has 0 amide bonds. The third-order valence-corrected chi connectivity index (χ3v) is 4.24. The highest BCUT2D eigenvalue weighted by Gasteiger charge is 2.21. The van der Waals surface area contributed by atoms with Gasteiger partial charge in [-0.3, -0.25) is 0 Å². The van der Waals surface area contributed by atoms with Crippen LogP contribution in [0.5, 0.6) is 0 Å². The van der Waals surface area contributed by atoms with E-state index in [-0.39, 0.29) is 0 Å². The van der Waals surface area contributed by atoms with Crippen molar-refractivity contribution in [1.82, 2.24) is 5.32 Å². The van der Waals surface area contributed by atoms with Crippen LogP contribution in [-0.4, -0.2) is 12.1 Å². The van der Waals surface area contributed by atoms with E-state index in [0.29, 0.717) is 6.04 Å². The van der Waals surface area contributed by atoms with Crippen LogP contribution in [0.2, 0.25) is 0 Å². The lowest BCUT2D eigenvalue weighted by Gasteiger charge is -2.31. The average molecular weight is 239 g/mol. The van der Waals surface area contributed by atoms with Gasteiger partial charge in [0, 0.05) is 12.1 Å². The first-order valence-electron chi connectivity index (χ1n) is 7.87. The van der Waals surface area contributed by atoms with E-state index in [1.807, 2.05) is 0 Å². The molecule has 0 aromatic carbocycles. The molecular formula is C16H33N. The Morgan fingerprint density at radius 3 is 2.18 bits per heavy atom. The number of hydrogen-bond acceptors (Lipinski definition) is 1. The molecule has 0 aromatic rings. The molecule has 1 saturated carbocycles. The maximum absolute atomic E-state index is 3.84. The maximum Gasteiger partial charge on any atom is 0.00697 e. The fourth-order valence-electron chi connectivity index (χ4n) is 3.10. The number of hydrogen-bond donors (Lipinski definition) is 1. The van der Waals surface area contributed by atoms with Crippen molar-refractivity contribution in [3.63, 3.8) is 0 Å². The van der Waals surface area contributed by atoms with E-state index in [4.69, 9.17) is 0 Å². The first kappa shape index (κ1) is 15.0. The Hall–Kier alpha value is -0.0400. The molecule has 1 aliphatic carbocycles. The Morgan fingerprint density at radius 2 is 1.65 bits per heavy atom. The summed E-state index contributed by atoms with van der Waals surface area (Å²) in [6.07, 6.45) is 11.3. The van der Waals surface area contributed by atoms with Gasteiger partial charge in [-0.1, -0.05) is 33.6 Å². The number of nitrogens with one attached hydrogen (secondary N) is 1. The molecule has 102 valence electrons. The summed E-state index contributed by atoms with van der Waals surface area (Å²) in [6, 6.07) is 1.52. The van der Waals surface area contributed by atoms with E-state index in [1.165, 1.54) is 51.4 Å². The fourth-order valence-corrected chi connectivity index (χ4v) is 3.10. The first-order chi connectivity index (χ1) is 8.11. The van der Waals surface area contributed by atoms with E-state index >= 15 is 0 Å². The van der Waals surface area contributed by atoms with Crippen LogP contribution in [0.15, 0.2) is 0 Å². The van der Waals surface area contributed by atoms with Crippen LogP contribution in [-0.2, 0) is 0 Å². The van der Waals surface area contributed by atoms with Gasteiger partial charge in [0.1, 0.15) is 0 Å². The van der Waals surface area contributed by atoms with Crippen LogP contribution in [0, 0.1) is 11.8 Å². The molecular weight excluding hydrogens is 206 g/mol. The predicted octanol–water partition coefficient (Wildman–Crippen LogP) is 4.76. The lowest BCUT2D eigenvalue weighted by molar-refractivity contribution is 0.260. The molecule has 1 N–H and O–H groups in total. The minimum atomic E-state index is 0.713. The minimum Gasteiger partial charge on any atom is -0.312 e. The van der Waals surface area contributed by atoms with Crippen molar-refractivity contribution >= 4 is 0 Å². The summed E-state index contributed by atoms with van der Waals surface area (Å²) < 4.78 is 0. The van der Waals surface area contributed by atoms with Crippen molar-refractivity contribution in [3.8, 4) is 0 Å². The fraction of sp³-hybridized carbons (Fsp3) is 1.00. The first-order valence-corrected chi connectivity index (χ1v) is 7.87. The standard InChI is InChI=1S/C16H33N/c1-5-6-15-9-11-16(12-10-15)17-14(4)8-7-13(2)3/h13-17H,5-12H2,1-4H3. The lowest BCUT2D eigenvalue weighted by atomic mass is 9.83. The van der Waals surface area contributed by atoms with Crippen molar-refractivity contribution in [2.24, 2.45) is 11.8 Å². The SMILES string of the molecule is CCCC1CCC(NC(C)CCC(C)C)CC1. The molecule has 1 fully saturated rings. The topological polar surface area (TPSA) is 12.0 Å². The van der Waals surface area contributed by atoms with Crippen molar-refractivity contribution in [1.29, 1.82) is 0 Å². The van der Waals surface area contributed by atoms with Gasteiger partial charge in [0.25, 0.3) is 0 Å². The summed E-state index contributed by atoms with van der Waals surface area (Å²) >= 11 is 0. The van der Waals surface area contributed by atoms with E-state index in [9.17, 15) is 0 Å². The molecule has 1 rings (SSSR count). The summed E-state index contributed by atoms with van der Waals surface area (Å²) in [7, 11) is 0. The van der Waals surface area contributed by atoms with Crippen LogP contribution in [0.4, 0.5) is 0 Å². The summed E-state index contributed by atoms with van der Waals surface area (Å²) in [5.74, 6) is 1.88. The maximum atomic E-state index is 3.84. The number of rotatable bonds is 7. The van der Waals surface area contributed by atoms with Gasteiger partial charge in [-0.25, -0.2) is 0 Å². The normalized spacial score (nSPS) is 27.4. The van der Waals surface area contributed by atoms with Gasteiger partial charge in [0.05, 0.1) is 0 Å². The Balaban J connectivity index is 2.12. The average Bonchev–Trinajstić information content (AvgIpc) is 2.29. The van der Waals surface area contributed by atoms with Crippen LogP contribution in [0.1, 0.15) is 79.1 Å². The van der Waals surface area contributed by atoms with Gasteiger partial charge in [-0.15, -0.1) is 0 Å². The van der Waals surface area contributed by atoms with E-state index < -0.39 is 0 Å². The Bertz CT molecular complexity index is 180. The molecule has 0 aromatic heterocycles. The minimum absolute atomic E-state index is 0.713. The van der Waals surface area contributed by atoms with Crippen LogP contribution in [0.25, 0.3) is 0 Å². The third kappa shape index (κ3) is 6.45. The van der Waals surface area contributed by atoms with Crippen LogP contribution >= 0.6 is 0 Å². The zero-order valence-corrected chi connectivity index (χ0v) is 12.5. The predicted molar refractivity (Wildman–Crippen MR) is 77.3 cm³/mol. The van der Waals surface area contributed by atoms with Crippen molar-refractivity contribution in [3.05, 3.63) is 0 Å². The largest absolute Gasteiger partial charge is 0.312 e. The van der Waals surface area contributed by atoms with Gasteiger partial charge in [-0.2, -0.15) is 0 Å². The van der Waals surface area contributed by atoms with Gasteiger partial charge in [-0.05, 0) is 57.3 Å². The zero-order chi connectivity index (χ0) is 12.7. The lowest BCUT2D eigenvalue weighted by Crippen LogP contribution is -2.39. The Labute approximate surface area is 109 Å².